The van der Waals surface area contributed by atoms with E-state index in [1.165, 1.54) is 6.07 Å². The minimum absolute atomic E-state index is 0.147. The van der Waals surface area contributed by atoms with Gasteiger partial charge >= 0.3 is 0 Å². The fraction of sp³-hybridized carbons (Fsp3) is 0.333. The monoisotopic (exact) mass is 279 g/mol. The van der Waals surface area contributed by atoms with E-state index in [9.17, 15) is 9.50 Å². The van der Waals surface area contributed by atoms with E-state index in [-0.39, 0.29) is 11.9 Å². The molecule has 2 nitrogen and oxygen atoms in total. The second kappa shape index (κ2) is 5.82. The van der Waals surface area contributed by atoms with Crippen molar-refractivity contribution in [1.29, 1.82) is 0 Å². The lowest BCUT2D eigenvalue weighted by atomic mass is 9.98. The number of hydrogen-bond donors (Lipinski definition) is 2. The number of benzene rings is 1. The van der Waals surface area contributed by atoms with E-state index in [0.717, 1.165) is 5.56 Å². The minimum Gasteiger partial charge on any atom is -0.384 e. The maximum Gasteiger partial charge on any atom is 0.127 e. The zero-order valence-corrected chi connectivity index (χ0v) is 11.9. The molecule has 2 aromatic rings. The van der Waals surface area contributed by atoms with Gasteiger partial charge in [-0.3, -0.25) is 0 Å². The summed E-state index contributed by atoms with van der Waals surface area (Å²) in [5.41, 5.74) is 0.550. The first kappa shape index (κ1) is 14.2. The summed E-state index contributed by atoms with van der Waals surface area (Å²) >= 11 is 1.55. The molecule has 2 rings (SSSR count). The lowest BCUT2D eigenvalue weighted by Crippen LogP contribution is -2.36. The molecule has 2 N–H and O–H groups in total. The summed E-state index contributed by atoms with van der Waals surface area (Å²) in [5, 5.41) is 17.4. The summed E-state index contributed by atoms with van der Waals surface area (Å²) in [6.07, 6.45) is 0. The fourth-order valence-corrected chi connectivity index (χ4v) is 2.74. The fourth-order valence-electron chi connectivity index (χ4n) is 1.96. The molecule has 0 bridgehead atoms. The summed E-state index contributed by atoms with van der Waals surface area (Å²) in [7, 11) is 0. The van der Waals surface area contributed by atoms with Crippen LogP contribution in [0.25, 0.3) is 0 Å². The molecule has 2 unspecified atom stereocenters. The Morgan fingerprint density at radius 2 is 2.11 bits per heavy atom. The average Bonchev–Trinajstić information content (AvgIpc) is 2.91. The van der Waals surface area contributed by atoms with Crippen molar-refractivity contribution in [3.05, 3.63) is 58.0 Å². The number of aliphatic hydroxyl groups is 1. The quantitative estimate of drug-likeness (QED) is 0.878. The van der Waals surface area contributed by atoms with Crippen LogP contribution in [0, 0.1) is 5.82 Å². The zero-order valence-electron chi connectivity index (χ0n) is 11.1. The van der Waals surface area contributed by atoms with Gasteiger partial charge in [0.05, 0.1) is 0 Å². The first-order chi connectivity index (χ1) is 9.00. The lowest BCUT2D eigenvalue weighted by Gasteiger charge is -2.25. The molecule has 0 fully saturated rings. The summed E-state index contributed by atoms with van der Waals surface area (Å²) in [6, 6.07) is 8.45. The van der Waals surface area contributed by atoms with E-state index in [4.69, 9.17) is 0 Å². The summed E-state index contributed by atoms with van der Waals surface area (Å²) in [6.45, 7) is 4.03. The Hall–Kier alpha value is -1.23. The Bertz CT molecular complexity index is 525. The highest BCUT2D eigenvalue weighted by Gasteiger charge is 2.24. The molecule has 0 saturated heterocycles. The van der Waals surface area contributed by atoms with Crippen molar-refractivity contribution in [2.24, 2.45) is 0 Å². The Balaban J connectivity index is 2.01. The van der Waals surface area contributed by atoms with Gasteiger partial charge in [-0.15, -0.1) is 0 Å². The number of rotatable bonds is 5. The highest BCUT2D eigenvalue weighted by molar-refractivity contribution is 7.08. The van der Waals surface area contributed by atoms with Crippen LogP contribution in [0.2, 0.25) is 0 Å². The number of thiophene rings is 1. The Morgan fingerprint density at radius 3 is 2.74 bits per heavy atom. The van der Waals surface area contributed by atoms with Crippen molar-refractivity contribution < 1.29 is 9.50 Å². The molecular weight excluding hydrogens is 261 g/mol. The molecule has 0 radical (unpaired) electrons. The molecular formula is C15H18FNOS. The summed E-state index contributed by atoms with van der Waals surface area (Å²) in [4.78, 5) is 0. The van der Waals surface area contributed by atoms with Crippen LogP contribution in [0.3, 0.4) is 0 Å². The highest BCUT2D eigenvalue weighted by Crippen LogP contribution is 2.24. The number of hydrogen-bond acceptors (Lipinski definition) is 3. The smallest absolute Gasteiger partial charge is 0.127 e. The van der Waals surface area contributed by atoms with Crippen LogP contribution in [0.15, 0.2) is 41.1 Å². The second-order valence-electron chi connectivity index (χ2n) is 4.91. The van der Waals surface area contributed by atoms with Gasteiger partial charge in [-0.2, -0.15) is 11.3 Å². The van der Waals surface area contributed by atoms with Gasteiger partial charge in [-0.05, 0) is 42.3 Å². The molecule has 19 heavy (non-hydrogen) atoms. The molecule has 4 heteroatoms. The maximum absolute atomic E-state index is 13.6. The SMILES string of the molecule is CC(NCC(C)(O)c1ccsc1)c1ccccc1F. The first-order valence-electron chi connectivity index (χ1n) is 6.23. The van der Waals surface area contributed by atoms with E-state index < -0.39 is 5.60 Å². The molecule has 0 amide bonds. The van der Waals surface area contributed by atoms with Crippen LogP contribution in [0.1, 0.15) is 31.0 Å². The third-order valence-electron chi connectivity index (χ3n) is 3.27. The van der Waals surface area contributed by atoms with Crippen molar-refractivity contribution in [2.75, 3.05) is 6.54 Å². The number of halogens is 1. The third-order valence-corrected chi connectivity index (χ3v) is 3.95. The standard InChI is InChI=1S/C15H18FNOS/c1-11(13-5-3-4-6-14(13)16)17-10-15(2,18)12-7-8-19-9-12/h3-9,11,17-18H,10H2,1-2H3. The van der Waals surface area contributed by atoms with E-state index in [1.54, 1.807) is 30.4 Å². The number of nitrogens with one attached hydrogen (secondary N) is 1. The van der Waals surface area contributed by atoms with Crippen LogP contribution in [0.4, 0.5) is 4.39 Å². The Morgan fingerprint density at radius 1 is 1.37 bits per heavy atom. The molecule has 1 aromatic carbocycles. The molecule has 0 spiro atoms. The third kappa shape index (κ3) is 3.41. The van der Waals surface area contributed by atoms with Gasteiger partial charge in [0.1, 0.15) is 11.4 Å². The first-order valence-corrected chi connectivity index (χ1v) is 7.18. The predicted octanol–water partition coefficient (Wildman–Crippen LogP) is 3.45. The van der Waals surface area contributed by atoms with Gasteiger partial charge in [-0.25, -0.2) is 4.39 Å². The Labute approximate surface area is 116 Å². The van der Waals surface area contributed by atoms with Crippen LogP contribution in [0.5, 0.6) is 0 Å². The van der Waals surface area contributed by atoms with E-state index in [1.807, 2.05) is 29.8 Å². The largest absolute Gasteiger partial charge is 0.384 e. The van der Waals surface area contributed by atoms with Gasteiger partial charge in [0.15, 0.2) is 0 Å². The highest BCUT2D eigenvalue weighted by atomic mass is 32.1. The summed E-state index contributed by atoms with van der Waals surface area (Å²) in [5.74, 6) is -0.224. The average molecular weight is 279 g/mol. The molecule has 102 valence electrons. The van der Waals surface area contributed by atoms with Crippen molar-refractivity contribution in [1.82, 2.24) is 5.32 Å². The molecule has 0 saturated carbocycles. The molecule has 2 atom stereocenters. The van der Waals surface area contributed by atoms with E-state index in [0.29, 0.717) is 12.1 Å². The summed E-state index contributed by atoms with van der Waals surface area (Å²) < 4.78 is 13.6. The topological polar surface area (TPSA) is 32.3 Å². The zero-order chi connectivity index (χ0) is 13.9. The van der Waals surface area contributed by atoms with Gasteiger partial charge in [0.25, 0.3) is 0 Å². The van der Waals surface area contributed by atoms with Gasteiger partial charge in [0.2, 0.25) is 0 Å². The molecule has 1 heterocycles. The van der Waals surface area contributed by atoms with Crippen molar-refractivity contribution >= 4 is 11.3 Å². The van der Waals surface area contributed by atoms with Gasteiger partial charge in [0, 0.05) is 18.2 Å². The van der Waals surface area contributed by atoms with Gasteiger partial charge in [-0.1, -0.05) is 18.2 Å². The van der Waals surface area contributed by atoms with Crippen molar-refractivity contribution in [3.63, 3.8) is 0 Å². The van der Waals surface area contributed by atoms with E-state index >= 15 is 0 Å². The van der Waals surface area contributed by atoms with Crippen LogP contribution in [-0.2, 0) is 5.60 Å². The maximum atomic E-state index is 13.6. The van der Waals surface area contributed by atoms with Crippen LogP contribution in [-0.4, -0.2) is 11.7 Å². The molecule has 0 aliphatic carbocycles. The lowest BCUT2D eigenvalue weighted by molar-refractivity contribution is 0.0547. The van der Waals surface area contributed by atoms with E-state index in [2.05, 4.69) is 5.32 Å². The van der Waals surface area contributed by atoms with Gasteiger partial charge < -0.3 is 10.4 Å². The van der Waals surface area contributed by atoms with Crippen molar-refractivity contribution in [2.45, 2.75) is 25.5 Å². The molecule has 1 aromatic heterocycles. The van der Waals surface area contributed by atoms with Crippen LogP contribution >= 0.6 is 11.3 Å². The second-order valence-corrected chi connectivity index (χ2v) is 5.69. The van der Waals surface area contributed by atoms with Crippen molar-refractivity contribution in [3.8, 4) is 0 Å². The van der Waals surface area contributed by atoms with Crippen LogP contribution < -0.4 is 5.32 Å². The normalized spacial score (nSPS) is 16.0. The molecule has 0 aliphatic rings. The molecule has 0 aliphatic heterocycles. The Kier molecular flexibility index (Phi) is 4.34. The predicted molar refractivity (Wildman–Crippen MR) is 76.7 cm³/mol. The minimum atomic E-state index is -0.945.